The quantitative estimate of drug-likeness (QED) is 0.844. The molecule has 0 aliphatic heterocycles. The molecule has 1 rings (SSSR count). The molecule has 0 aromatic heterocycles. The summed E-state index contributed by atoms with van der Waals surface area (Å²) in [5.74, 6) is -0.506. The summed E-state index contributed by atoms with van der Waals surface area (Å²) >= 11 is 0. The Morgan fingerprint density at radius 1 is 1.06 bits per heavy atom. The molecule has 0 saturated heterocycles. The number of aliphatic carboxylic acids is 1. The smallest absolute Gasteiger partial charge is 0.337 e. The van der Waals surface area contributed by atoms with Crippen molar-refractivity contribution in [1.29, 1.82) is 0 Å². The second-order valence-corrected chi connectivity index (χ2v) is 4.94. The van der Waals surface area contributed by atoms with E-state index in [2.05, 4.69) is 27.7 Å². The SMILES string of the molecule is CC(C)c1ccc([C@@H](O)C(=O)O)cc1C(C)C. The summed E-state index contributed by atoms with van der Waals surface area (Å²) in [5, 5.41) is 18.3. The molecule has 0 spiro atoms. The average molecular weight is 236 g/mol. The Labute approximate surface area is 102 Å². The molecule has 1 aromatic carbocycles. The van der Waals surface area contributed by atoms with Gasteiger partial charge >= 0.3 is 5.97 Å². The Morgan fingerprint density at radius 3 is 2.00 bits per heavy atom. The Hall–Kier alpha value is -1.35. The minimum Gasteiger partial charge on any atom is -0.479 e. The van der Waals surface area contributed by atoms with Crippen LogP contribution in [0.2, 0.25) is 0 Å². The van der Waals surface area contributed by atoms with E-state index in [1.807, 2.05) is 6.07 Å². The number of carbonyl (C=O) groups is 1. The van der Waals surface area contributed by atoms with E-state index in [1.165, 1.54) is 5.56 Å². The van der Waals surface area contributed by atoms with Gasteiger partial charge in [0, 0.05) is 0 Å². The summed E-state index contributed by atoms with van der Waals surface area (Å²) < 4.78 is 0. The van der Waals surface area contributed by atoms with Crippen molar-refractivity contribution in [1.82, 2.24) is 0 Å². The molecule has 3 nitrogen and oxygen atoms in total. The second-order valence-electron chi connectivity index (χ2n) is 4.94. The number of carboxylic acid groups (broad SMARTS) is 1. The first-order valence-corrected chi connectivity index (χ1v) is 5.89. The van der Waals surface area contributed by atoms with Gasteiger partial charge in [-0.15, -0.1) is 0 Å². The lowest BCUT2D eigenvalue weighted by Crippen LogP contribution is -2.11. The lowest BCUT2D eigenvalue weighted by atomic mass is 9.88. The van der Waals surface area contributed by atoms with Crippen LogP contribution < -0.4 is 0 Å². The summed E-state index contributed by atoms with van der Waals surface area (Å²) in [5.41, 5.74) is 2.77. The van der Waals surface area contributed by atoms with Crippen molar-refractivity contribution in [3.63, 3.8) is 0 Å². The summed E-state index contributed by atoms with van der Waals surface area (Å²) in [6.45, 7) is 8.35. The molecule has 94 valence electrons. The van der Waals surface area contributed by atoms with Crippen LogP contribution in [0.1, 0.15) is 62.3 Å². The Kier molecular flexibility index (Phi) is 4.29. The predicted molar refractivity (Wildman–Crippen MR) is 67.2 cm³/mol. The lowest BCUT2D eigenvalue weighted by molar-refractivity contribution is -0.146. The van der Waals surface area contributed by atoms with E-state index in [9.17, 15) is 9.90 Å². The third kappa shape index (κ3) is 3.07. The molecule has 2 N–H and O–H groups in total. The highest BCUT2D eigenvalue weighted by molar-refractivity contribution is 5.74. The van der Waals surface area contributed by atoms with Gasteiger partial charge in [0.25, 0.3) is 0 Å². The molecule has 0 saturated carbocycles. The predicted octanol–water partition coefficient (Wildman–Crippen LogP) is 3.05. The van der Waals surface area contributed by atoms with E-state index in [-0.39, 0.29) is 0 Å². The molecule has 0 amide bonds. The normalized spacial score (nSPS) is 13.1. The first-order valence-electron chi connectivity index (χ1n) is 5.89. The van der Waals surface area contributed by atoms with E-state index in [1.54, 1.807) is 12.1 Å². The number of benzene rings is 1. The first-order chi connectivity index (χ1) is 7.84. The van der Waals surface area contributed by atoms with Crippen LogP contribution in [0.25, 0.3) is 0 Å². The maximum absolute atomic E-state index is 10.7. The molecule has 0 heterocycles. The zero-order valence-electron chi connectivity index (χ0n) is 10.8. The Bertz CT molecular complexity index is 408. The maximum atomic E-state index is 10.7. The molecule has 1 aromatic rings. The number of aliphatic hydroxyl groups is 1. The molecule has 0 unspecified atom stereocenters. The molecule has 0 aliphatic rings. The fourth-order valence-corrected chi connectivity index (χ4v) is 1.93. The minimum atomic E-state index is -1.44. The number of hydrogen-bond donors (Lipinski definition) is 2. The van der Waals surface area contributed by atoms with Gasteiger partial charge < -0.3 is 10.2 Å². The summed E-state index contributed by atoms with van der Waals surface area (Å²) in [4.78, 5) is 10.7. The van der Waals surface area contributed by atoms with Gasteiger partial charge in [0.1, 0.15) is 0 Å². The van der Waals surface area contributed by atoms with Gasteiger partial charge in [-0.25, -0.2) is 4.79 Å². The molecule has 3 heteroatoms. The fraction of sp³-hybridized carbons (Fsp3) is 0.500. The van der Waals surface area contributed by atoms with Gasteiger partial charge in [0.15, 0.2) is 6.10 Å². The monoisotopic (exact) mass is 236 g/mol. The zero-order valence-corrected chi connectivity index (χ0v) is 10.8. The van der Waals surface area contributed by atoms with Crippen molar-refractivity contribution in [3.05, 3.63) is 34.9 Å². The van der Waals surface area contributed by atoms with Crippen LogP contribution >= 0.6 is 0 Å². The molecule has 0 aliphatic carbocycles. The molecule has 1 atom stereocenters. The van der Waals surface area contributed by atoms with Gasteiger partial charge in [0.05, 0.1) is 0 Å². The van der Waals surface area contributed by atoms with Crippen molar-refractivity contribution in [2.45, 2.75) is 45.6 Å². The number of rotatable bonds is 4. The van der Waals surface area contributed by atoms with Crippen LogP contribution in [0.5, 0.6) is 0 Å². The molecule has 0 fully saturated rings. The fourth-order valence-electron chi connectivity index (χ4n) is 1.93. The Morgan fingerprint density at radius 2 is 1.59 bits per heavy atom. The van der Waals surface area contributed by atoms with Crippen molar-refractivity contribution in [2.75, 3.05) is 0 Å². The van der Waals surface area contributed by atoms with Gasteiger partial charge in [-0.05, 0) is 28.5 Å². The molecule has 0 bridgehead atoms. The average Bonchev–Trinajstić information content (AvgIpc) is 2.26. The highest BCUT2D eigenvalue weighted by atomic mass is 16.4. The molecule has 17 heavy (non-hydrogen) atoms. The minimum absolute atomic E-state index is 0.313. The van der Waals surface area contributed by atoms with Gasteiger partial charge in [-0.1, -0.05) is 45.9 Å². The molecular weight excluding hydrogens is 216 g/mol. The third-order valence-electron chi connectivity index (χ3n) is 2.90. The van der Waals surface area contributed by atoms with Crippen LogP contribution in [0.15, 0.2) is 18.2 Å². The van der Waals surface area contributed by atoms with Crippen molar-refractivity contribution in [2.24, 2.45) is 0 Å². The standard InChI is InChI=1S/C14H20O3/c1-8(2)11-6-5-10(13(15)14(16)17)7-12(11)9(3)4/h5-9,13,15H,1-4H3,(H,16,17)/t13-/m1/s1. The third-order valence-corrected chi connectivity index (χ3v) is 2.90. The number of hydrogen-bond acceptors (Lipinski definition) is 2. The Balaban J connectivity index is 3.23. The lowest BCUT2D eigenvalue weighted by Gasteiger charge is -2.18. The zero-order chi connectivity index (χ0) is 13.2. The molecule has 0 radical (unpaired) electrons. The van der Waals surface area contributed by atoms with E-state index in [4.69, 9.17) is 5.11 Å². The van der Waals surface area contributed by atoms with E-state index in [0.717, 1.165) is 5.56 Å². The van der Waals surface area contributed by atoms with Gasteiger partial charge in [0.2, 0.25) is 0 Å². The summed E-state index contributed by atoms with van der Waals surface area (Å²) in [7, 11) is 0. The number of carboxylic acids is 1. The van der Waals surface area contributed by atoms with Crippen LogP contribution in [0.3, 0.4) is 0 Å². The number of aliphatic hydroxyl groups excluding tert-OH is 1. The van der Waals surface area contributed by atoms with Crippen molar-refractivity contribution >= 4 is 5.97 Å². The van der Waals surface area contributed by atoms with Crippen LogP contribution in [0, 0.1) is 0 Å². The van der Waals surface area contributed by atoms with E-state index < -0.39 is 12.1 Å². The largest absolute Gasteiger partial charge is 0.479 e. The summed E-state index contributed by atoms with van der Waals surface area (Å²) in [6.07, 6.45) is -1.44. The second kappa shape index (κ2) is 5.32. The van der Waals surface area contributed by atoms with Crippen molar-refractivity contribution < 1.29 is 15.0 Å². The van der Waals surface area contributed by atoms with Crippen molar-refractivity contribution in [3.8, 4) is 0 Å². The summed E-state index contributed by atoms with van der Waals surface area (Å²) in [6, 6.07) is 5.42. The van der Waals surface area contributed by atoms with Gasteiger partial charge in [-0.3, -0.25) is 0 Å². The van der Waals surface area contributed by atoms with Crippen LogP contribution in [0.4, 0.5) is 0 Å². The highest BCUT2D eigenvalue weighted by Crippen LogP contribution is 2.29. The van der Waals surface area contributed by atoms with Gasteiger partial charge in [-0.2, -0.15) is 0 Å². The van der Waals surface area contributed by atoms with Crippen LogP contribution in [-0.4, -0.2) is 16.2 Å². The first kappa shape index (κ1) is 13.7. The van der Waals surface area contributed by atoms with E-state index >= 15 is 0 Å². The van der Waals surface area contributed by atoms with E-state index in [0.29, 0.717) is 17.4 Å². The molecular formula is C14H20O3. The topological polar surface area (TPSA) is 57.5 Å². The highest BCUT2D eigenvalue weighted by Gasteiger charge is 2.18. The maximum Gasteiger partial charge on any atom is 0.337 e. The van der Waals surface area contributed by atoms with Crippen LogP contribution in [-0.2, 0) is 4.79 Å².